The molecule has 0 atom stereocenters. The lowest BCUT2D eigenvalue weighted by Gasteiger charge is -2.03. The molecule has 0 spiro atoms. The number of nitrogens with zero attached hydrogens (tertiary/aromatic N) is 2. The number of hydrogen-bond acceptors (Lipinski definition) is 5. The molecule has 0 saturated heterocycles. The Bertz CT molecular complexity index is 711. The molecular formula is C9H9N5O3. The van der Waals surface area contributed by atoms with E-state index in [9.17, 15) is 14.4 Å². The predicted octanol–water partition coefficient (Wildman–Crippen LogP) is -1.75. The number of hydrogen-bond donors (Lipinski definition) is 3. The van der Waals surface area contributed by atoms with E-state index in [2.05, 4.69) is 15.0 Å². The van der Waals surface area contributed by atoms with Gasteiger partial charge >= 0.3 is 11.4 Å². The Kier molecular flexibility index (Phi) is 2.61. The summed E-state index contributed by atoms with van der Waals surface area (Å²) in [4.78, 5) is 41.5. The van der Waals surface area contributed by atoms with Gasteiger partial charge in [-0.05, 0) is 6.07 Å². The van der Waals surface area contributed by atoms with Gasteiger partial charge in [0, 0.05) is 12.4 Å². The third-order valence-electron chi connectivity index (χ3n) is 2.13. The molecule has 17 heavy (non-hydrogen) atoms. The smallest absolute Gasteiger partial charge is 0.349 e. The first-order chi connectivity index (χ1) is 8.06. The maximum atomic E-state index is 11.4. The van der Waals surface area contributed by atoms with Gasteiger partial charge in [-0.25, -0.2) is 9.59 Å². The molecule has 0 aliphatic carbocycles. The summed E-state index contributed by atoms with van der Waals surface area (Å²) < 4.78 is 1.21. The number of rotatable bonds is 2. The molecule has 0 amide bonds. The van der Waals surface area contributed by atoms with Crippen molar-refractivity contribution in [3.63, 3.8) is 0 Å². The molecule has 0 aromatic carbocycles. The van der Waals surface area contributed by atoms with Crippen molar-refractivity contribution in [3.8, 4) is 0 Å². The predicted molar refractivity (Wildman–Crippen MR) is 59.7 cm³/mol. The average Bonchev–Trinajstić information content (AvgIpc) is 2.25. The molecule has 0 aliphatic rings. The van der Waals surface area contributed by atoms with E-state index in [0.29, 0.717) is 0 Å². The van der Waals surface area contributed by atoms with Crippen LogP contribution >= 0.6 is 0 Å². The molecule has 0 radical (unpaired) electrons. The van der Waals surface area contributed by atoms with Gasteiger partial charge in [0.05, 0.1) is 12.1 Å². The number of nitrogens with two attached hydrogens (primary N) is 1. The Hall–Kier alpha value is -2.64. The molecule has 0 unspecified atom stereocenters. The largest absolute Gasteiger partial charge is 0.383 e. The summed E-state index contributed by atoms with van der Waals surface area (Å²) in [7, 11) is 0. The minimum Gasteiger partial charge on any atom is -0.383 e. The number of anilines is 1. The first-order valence-corrected chi connectivity index (χ1v) is 4.70. The van der Waals surface area contributed by atoms with E-state index >= 15 is 0 Å². The van der Waals surface area contributed by atoms with Gasteiger partial charge in [-0.2, -0.15) is 4.98 Å². The van der Waals surface area contributed by atoms with Gasteiger partial charge in [-0.1, -0.05) is 0 Å². The standard InChI is InChI=1S/C9H9N5O3/c10-6-1-2-14(9(17)12-6)4-5-3-11-8(16)13-7(5)15/h1-3H,4H2,(H2,10,12,17)(H2,11,13,15,16). The van der Waals surface area contributed by atoms with E-state index in [4.69, 9.17) is 5.73 Å². The van der Waals surface area contributed by atoms with Gasteiger partial charge in [0.2, 0.25) is 0 Å². The molecule has 0 fully saturated rings. The first-order valence-electron chi connectivity index (χ1n) is 4.70. The van der Waals surface area contributed by atoms with E-state index in [1.807, 2.05) is 0 Å². The second kappa shape index (κ2) is 4.08. The Morgan fingerprint density at radius 3 is 2.76 bits per heavy atom. The highest BCUT2D eigenvalue weighted by atomic mass is 16.2. The van der Waals surface area contributed by atoms with Crippen molar-refractivity contribution in [2.75, 3.05) is 5.73 Å². The summed E-state index contributed by atoms with van der Waals surface area (Å²) in [5, 5.41) is 0. The first kappa shape index (κ1) is 10.9. The molecule has 2 aromatic rings. The van der Waals surface area contributed by atoms with E-state index in [-0.39, 0.29) is 17.9 Å². The maximum absolute atomic E-state index is 11.4. The van der Waals surface area contributed by atoms with Crippen molar-refractivity contribution < 1.29 is 0 Å². The fourth-order valence-corrected chi connectivity index (χ4v) is 1.30. The lowest BCUT2D eigenvalue weighted by Crippen LogP contribution is -2.29. The van der Waals surface area contributed by atoms with Crippen molar-refractivity contribution in [3.05, 3.63) is 55.3 Å². The van der Waals surface area contributed by atoms with Gasteiger partial charge in [-0.15, -0.1) is 0 Å². The van der Waals surface area contributed by atoms with Crippen molar-refractivity contribution in [1.82, 2.24) is 19.5 Å². The van der Waals surface area contributed by atoms with Gasteiger partial charge in [0.15, 0.2) is 0 Å². The summed E-state index contributed by atoms with van der Waals surface area (Å²) >= 11 is 0. The lowest BCUT2D eigenvalue weighted by atomic mass is 10.3. The van der Waals surface area contributed by atoms with Crippen LogP contribution in [0.2, 0.25) is 0 Å². The van der Waals surface area contributed by atoms with Crippen LogP contribution < -0.4 is 22.7 Å². The fourth-order valence-electron chi connectivity index (χ4n) is 1.30. The minimum atomic E-state index is -0.596. The summed E-state index contributed by atoms with van der Waals surface area (Å²) in [6, 6.07) is 1.45. The Morgan fingerprint density at radius 1 is 1.35 bits per heavy atom. The second-order valence-corrected chi connectivity index (χ2v) is 3.36. The van der Waals surface area contributed by atoms with E-state index in [1.54, 1.807) is 0 Å². The van der Waals surface area contributed by atoms with Crippen LogP contribution in [0.4, 0.5) is 5.82 Å². The Balaban J connectivity index is 2.42. The molecule has 4 N–H and O–H groups in total. The van der Waals surface area contributed by atoms with Gasteiger partial charge < -0.3 is 10.7 Å². The average molecular weight is 235 g/mol. The molecule has 0 saturated carbocycles. The Labute approximate surface area is 93.8 Å². The summed E-state index contributed by atoms with van der Waals surface area (Å²) in [5.41, 5.74) is 3.88. The zero-order valence-corrected chi connectivity index (χ0v) is 8.64. The Morgan fingerprint density at radius 2 is 2.12 bits per heavy atom. The van der Waals surface area contributed by atoms with Crippen molar-refractivity contribution in [1.29, 1.82) is 0 Å². The third-order valence-corrected chi connectivity index (χ3v) is 2.13. The second-order valence-electron chi connectivity index (χ2n) is 3.36. The monoisotopic (exact) mass is 235 g/mol. The molecule has 88 valence electrons. The summed E-state index contributed by atoms with van der Waals surface area (Å²) in [6.07, 6.45) is 2.68. The molecule has 0 bridgehead atoms. The van der Waals surface area contributed by atoms with Crippen LogP contribution in [-0.4, -0.2) is 19.5 Å². The van der Waals surface area contributed by atoms with Crippen LogP contribution in [0.1, 0.15) is 5.56 Å². The zero-order chi connectivity index (χ0) is 12.4. The van der Waals surface area contributed by atoms with Gasteiger partial charge in [0.1, 0.15) is 5.82 Å². The van der Waals surface area contributed by atoms with Crippen LogP contribution in [0.25, 0.3) is 0 Å². The summed E-state index contributed by atoms with van der Waals surface area (Å²) in [5.74, 6) is 0.113. The number of nitrogen functional groups attached to an aromatic ring is 1. The highest BCUT2D eigenvalue weighted by molar-refractivity contribution is 5.23. The quantitative estimate of drug-likeness (QED) is 0.569. The normalized spacial score (nSPS) is 10.4. The number of H-pyrrole nitrogens is 2. The minimum absolute atomic E-state index is 0.0121. The zero-order valence-electron chi connectivity index (χ0n) is 8.64. The molecule has 2 aromatic heterocycles. The highest BCUT2D eigenvalue weighted by Gasteiger charge is 2.03. The van der Waals surface area contributed by atoms with E-state index in [1.165, 1.54) is 23.0 Å². The fraction of sp³-hybridized carbons (Fsp3) is 0.111. The van der Waals surface area contributed by atoms with Crippen LogP contribution in [0.15, 0.2) is 32.8 Å². The summed E-state index contributed by atoms with van der Waals surface area (Å²) in [6.45, 7) is 0.0121. The van der Waals surface area contributed by atoms with Crippen molar-refractivity contribution in [2.24, 2.45) is 0 Å². The number of nitrogens with one attached hydrogen (secondary N) is 2. The van der Waals surface area contributed by atoms with Gasteiger partial charge in [-0.3, -0.25) is 14.3 Å². The molecule has 8 nitrogen and oxygen atoms in total. The topological polar surface area (TPSA) is 127 Å². The van der Waals surface area contributed by atoms with Crippen LogP contribution in [-0.2, 0) is 6.54 Å². The number of aromatic amines is 2. The van der Waals surface area contributed by atoms with Crippen molar-refractivity contribution in [2.45, 2.75) is 6.54 Å². The molecule has 2 rings (SSSR count). The SMILES string of the molecule is Nc1ccn(Cc2c[nH]c(=O)[nH]c2=O)c(=O)n1. The molecular weight excluding hydrogens is 226 g/mol. The van der Waals surface area contributed by atoms with E-state index < -0.39 is 16.9 Å². The van der Waals surface area contributed by atoms with Crippen LogP contribution in [0.5, 0.6) is 0 Å². The van der Waals surface area contributed by atoms with Crippen LogP contribution in [0, 0.1) is 0 Å². The third kappa shape index (κ3) is 2.30. The van der Waals surface area contributed by atoms with Crippen molar-refractivity contribution >= 4 is 5.82 Å². The molecule has 0 aliphatic heterocycles. The number of aromatic nitrogens is 4. The van der Waals surface area contributed by atoms with Crippen LogP contribution in [0.3, 0.4) is 0 Å². The molecule has 2 heterocycles. The van der Waals surface area contributed by atoms with Gasteiger partial charge in [0.25, 0.3) is 5.56 Å². The lowest BCUT2D eigenvalue weighted by molar-refractivity contribution is 0.716. The molecule has 8 heteroatoms. The van der Waals surface area contributed by atoms with E-state index in [0.717, 1.165) is 0 Å². The maximum Gasteiger partial charge on any atom is 0.349 e. The highest BCUT2D eigenvalue weighted by Crippen LogP contribution is 1.93.